The SMILES string of the molecule is C=CCN1/C(=C(\O)c2ccccc2)Sc2ccccc21. The maximum absolute atomic E-state index is 10.6. The van der Waals surface area contributed by atoms with E-state index < -0.39 is 0 Å². The average molecular weight is 281 g/mol. The Kier molecular flexibility index (Phi) is 3.52. The highest BCUT2D eigenvalue weighted by Gasteiger charge is 2.27. The van der Waals surface area contributed by atoms with Gasteiger partial charge in [-0.15, -0.1) is 6.58 Å². The molecule has 0 radical (unpaired) electrons. The van der Waals surface area contributed by atoms with Gasteiger partial charge in [0.05, 0.1) is 5.69 Å². The number of fused-ring (bicyclic) bond motifs is 1. The molecule has 2 nitrogen and oxygen atoms in total. The van der Waals surface area contributed by atoms with E-state index in [1.54, 1.807) is 11.8 Å². The molecule has 3 heteroatoms. The summed E-state index contributed by atoms with van der Waals surface area (Å²) in [4.78, 5) is 3.25. The number of para-hydroxylation sites is 1. The predicted octanol–water partition coefficient (Wildman–Crippen LogP) is 4.67. The van der Waals surface area contributed by atoms with Crippen molar-refractivity contribution in [3.8, 4) is 0 Å². The highest BCUT2D eigenvalue weighted by molar-refractivity contribution is 8.04. The van der Waals surface area contributed by atoms with Gasteiger partial charge in [-0.2, -0.15) is 0 Å². The van der Waals surface area contributed by atoms with Crippen LogP contribution in [0.15, 0.2) is 77.2 Å². The monoisotopic (exact) mass is 281 g/mol. The van der Waals surface area contributed by atoms with Crippen LogP contribution in [0.1, 0.15) is 5.56 Å². The van der Waals surface area contributed by atoms with Crippen LogP contribution < -0.4 is 4.90 Å². The van der Waals surface area contributed by atoms with Crippen molar-refractivity contribution in [3.63, 3.8) is 0 Å². The standard InChI is InChI=1S/C17H15NOS/c1-2-12-18-14-10-6-7-11-15(14)20-17(18)16(19)13-8-4-3-5-9-13/h2-11,19H,1,12H2/b17-16+. The lowest BCUT2D eigenvalue weighted by atomic mass is 10.2. The molecule has 1 aliphatic rings. The lowest BCUT2D eigenvalue weighted by Crippen LogP contribution is -2.18. The Bertz CT molecular complexity index is 664. The molecule has 0 saturated heterocycles. The molecule has 0 saturated carbocycles. The maximum Gasteiger partial charge on any atom is 0.153 e. The molecule has 0 aliphatic carbocycles. The second-order valence-electron chi connectivity index (χ2n) is 4.49. The molecular formula is C17H15NOS. The third kappa shape index (κ3) is 2.21. The van der Waals surface area contributed by atoms with Crippen molar-refractivity contribution in [2.24, 2.45) is 0 Å². The highest BCUT2D eigenvalue weighted by Crippen LogP contribution is 2.47. The number of aliphatic hydroxyl groups excluding tert-OH is 1. The summed E-state index contributed by atoms with van der Waals surface area (Å²) in [5.74, 6) is 0.314. The Morgan fingerprint density at radius 1 is 1.10 bits per heavy atom. The Labute approximate surface area is 123 Å². The maximum atomic E-state index is 10.6. The number of rotatable bonds is 3. The molecular weight excluding hydrogens is 266 g/mol. The molecule has 1 aliphatic heterocycles. The summed E-state index contributed by atoms with van der Waals surface area (Å²) in [7, 11) is 0. The first-order chi connectivity index (χ1) is 9.81. The van der Waals surface area contributed by atoms with Crippen LogP contribution in [0.4, 0.5) is 5.69 Å². The molecule has 0 unspecified atom stereocenters. The van der Waals surface area contributed by atoms with Gasteiger partial charge in [-0.1, -0.05) is 60.3 Å². The average Bonchev–Trinajstić information content (AvgIpc) is 2.87. The van der Waals surface area contributed by atoms with Gasteiger partial charge in [0.2, 0.25) is 0 Å². The van der Waals surface area contributed by atoms with Gasteiger partial charge in [-0.3, -0.25) is 0 Å². The topological polar surface area (TPSA) is 23.5 Å². The second-order valence-corrected chi connectivity index (χ2v) is 5.52. The molecule has 0 aromatic heterocycles. The van der Waals surface area contributed by atoms with E-state index in [0.717, 1.165) is 21.2 Å². The van der Waals surface area contributed by atoms with E-state index in [4.69, 9.17) is 0 Å². The third-order valence-electron chi connectivity index (χ3n) is 3.17. The molecule has 2 aromatic carbocycles. The number of anilines is 1. The lowest BCUT2D eigenvalue weighted by Gasteiger charge is -2.19. The zero-order valence-corrected chi connectivity index (χ0v) is 11.8. The smallest absolute Gasteiger partial charge is 0.153 e. The number of hydrogen-bond donors (Lipinski definition) is 1. The van der Waals surface area contributed by atoms with E-state index in [-0.39, 0.29) is 0 Å². The molecule has 0 fully saturated rings. The van der Waals surface area contributed by atoms with Crippen molar-refractivity contribution in [1.29, 1.82) is 0 Å². The fraction of sp³-hybridized carbons (Fsp3) is 0.0588. The highest BCUT2D eigenvalue weighted by atomic mass is 32.2. The summed E-state index contributed by atoms with van der Waals surface area (Å²) >= 11 is 1.59. The third-order valence-corrected chi connectivity index (χ3v) is 4.34. The minimum Gasteiger partial charge on any atom is -0.505 e. The minimum atomic E-state index is 0.314. The van der Waals surface area contributed by atoms with Crippen LogP contribution in [0.2, 0.25) is 0 Å². The normalized spacial score (nSPS) is 15.9. The van der Waals surface area contributed by atoms with Crippen molar-refractivity contribution in [3.05, 3.63) is 77.8 Å². The van der Waals surface area contributed by atoms with Gasteiger partial charge in [-0.05, 0) is 12.1 Å². The van der Waals surface area contributed by atoms with Crippen molar-refractivity contribution in [1.82, 2.24) is 0 Å². The van der Waals surface area contributed by atoms with E-state index in [1.165, 1.54) is 0 Å². The van der Waals surface area contributed by atoms with Crippen LogP contribution in [0, 0.1) is 0 Å². The van der Waals surface area contributed by atoms with Crippen LogP contribution in [0.3, 0.4) is 0 Å². The Morgan fingerprint density at radius 3 is 2.55 bits per heavy atom. The summed E-state index contributed by atoms with van der Waals surface area (Å²) in [5, 5.41) is 11.4. The molecule has 0 spiro atoms. The van der Waals surface area contributed by atoms with Gasteiger partial charge < -0.3 is 10.0 Å². The molecule has 1 N–H and O–H groups in total. The quantitative estimate of drug-likeness (QED) is 0.653. The second kappa shape index (κ2) is 5.47. The summed E-state index contributed by atoms with van der Waals surface area (Å²) in [6, 6.07) is 17.8. The Morgan fingerprint density at radius 2 is 1.80 bits per heavy atom. The van der Waals surface area contributed by atoms with Crippen LogP contribution in [-0.2, 0) is 0 Å². The summed E-state index contributed by atoms with van der Waals surface area (Å²) < 4.78 is 0. The van der Waals surface area contributed by atoms with Crippen LogP contribution >= 0.6 is 11.8 Å². The molecule has 0 bridgehead atoms. The molecule has 100 valence electrons. The molecule has 0 atom stereocenters. The Balaban J connectivity index is 2.08. The van der Waals surface area contributed by atoms with E-state index in [9.17, 15) is 5.11 Å². The van der Waals surface area contributed by atoms with Crippen molar-refractivity contribution in [2.75, 3.05) is 11.4 Å². The number of aliphatic hydroxyl groups is 1. The predicted molar refractivity (Wildman–Crippen MR) is 85.8 cm³/mol. The Hall–Kier alpha value is -2.13. The molecule has 0 amide bonds. The van der Waals surface area contributed by atoms with E-state index >= 15 is 0 Å². The van der Waals surface area contributed by atoms with Gasteiger partial charge in [0.15, 0.2) is 5.76 Å². The fourth-order valence-corrected chi connectivity index (χ4v) is 3.38. The number of benzene rings is 2. The molecule has 1 heterocycles. The number of nitrogens with zero attached hydrogens (tertiary/aromatic N) is 1. The van der Waals surface area contributed by atoms with Crippen molar-refractivity contribution in [2.45, 2.75) is 4.90 Å². The minimum absolute atomic E-state index is 0.314. The molecule has 2 aromatic rings. The van der Waals surface area contributed by atoms with Gasteiger partial charge in [-0.25, -0.2) is 0 Å². The van der Waals surface area contributed by atoms with E-state index in [0.29, 0.717) is 12.3 Å². The van der Waals surface area contributed by atoms with Crippen molar-refractivity contribution < 1.29 is 5.11 Å². The van der Waals surface area contributed by atoms with Crippen LogP contribution in [0.5, 0.6) is 0 Å². The van der Waals surface area contributed by atoms with E-state index in [2.05, 4.69) is 23.6 Å². The lowest BCUT2D eigenvalue weighted by molar-refractivity contribution is 0.508. The number of hydrogen-bond acceptors (Lipinski definition) is 3. The van der Waals surface area contributed by atoms with E-state index in [1.807, 2.05) is 48.5 Å². The zero-order valence-electron chi connectivity index (χ0n) is 11.0. The number of thioether (sulfide) groups is 1. The van der Waals surface area contributed by atoms with Crippen molar-refractivity contribution >= 4 is 23.2 Å². The van der Waals surface area contributed by atoms with Gasteiger partial charge in [0.1, 0.15) is 5.03 Å². The fourth-order valence-electron chi connectivity index (χ4n) is 2.24. The first kappa shape index (κ1) is 12.9. The van der Waals surface area contributed by atoms with Crippen LogP contribution in [0.25, 0.3) is 5.76 Å². The summed E-state index contributed by atoms with van der Waals surface area (Å²) in [6.07, 6.45) is 1.85. The van der Waals surface area contributed by atoms with Gasteiger partial charge in [0.25, 0.3) is 0 Å². The molecule has 20 heavy (non-hydrogen) atoms. The first-order valence-electron chi connectivity index (χ1n) is 6.45. The van der Waals surface area contributed by atoms with Crippen LogP contribution in [-0.4, -0.2) is 11.7 Å². The molecule has 3 rings (SSSR count). The summed E-state index contributed by atoms with van der Waals surface area (Å²) in [6.45, 7) is 4.49. The van der Waals surface area contributed by atoms with Gasteiger partial charge in [0, 0.05) is 17.0 Å². The first-order valence-corrected chi connectivity index (χ1v) is 7.27. The van der Waals surface area contributed by atoms with Gasteiger partial charge >= 0.3 is 0 Å². The largest absolute Gasteiger partial charge is 0.505 e. The zero-order chi connectivity index (χ0) is 13.9. The summed E-state index contributed by atoms with van der Waals surface area (Å²) in [5.41, 5.74) is 1.95.